The Balaban J connectivity index is 1.53. The summed E-state index contributed by atoms with van der Waals surface area (Å²) in [7, 11) is 0. The van der Waals surface area contributed by atoms with Gasteiger partial charge in [0.1, 0.15) is 12.4 Å². The van der Waals surface area contributed by atoms with Crippen LogP contribution in [0.2, 0.25) is 0 Å². The minimum atomic E-state index is -0.520. The molecule has 0 bridgehead atoms. The molecule has 49 heavy (non-hydrogen) atoms. The van der Waals surface area contributed by atoms with Gasteiger partial charge in [0.2, 0.25) is 0 Å². The number of halogens is 1. The molecule has 1 aliphatic heterocycles. The molecule has 0 atom stereocenters. The third-order valence-electron chi connectivity index (χ3n) is 9.97. The lowest BCUT2D eigenvalue weighted by atomic mass is 9.63. The molecule has 1 heterocycles. The van der Waals surface area contributed by atoms with Gasteiger partial charge in [-0.1, -0.05) is 88.4 Å². The Bertz CT molecular complexity index is 1780. The molecule has 5 nitrogen and oxygen atoms in total. The van der Waals surface area contributed by atoms with Crippen molar-refractivity contribution in [3.63, 3.8) is 0 Å². The first-order valence-corrected chi connectivity index (χ1v) is 17.5. The summed E-state index contributed by atoms with van der Waals surface area (Å²) in [6.07, 6.45) is 5.38. The highest BCUT2D eigenvalue weighted by Gasteiger charge is 2.49. The van der Waals surface area contributed by atoms with Crippen molar-refractivity contribution in [3.8, 4) is 11.5 Å². The van der Waals surface area contributed by atoms with Gasteiger partial charge >= 0.3 is 0 Å². The van der Waals surface area contributed by atoms with Crippen LogP contribution in [0.4, 0.5) is 4.39 Å². The van der Waals surface area contributed by atoms with Crippen molar-refractivity contribution >= 4 is 11.6 Å². The number of ketones is 2. The number of hydrogen-bond donors (Lipinski definition) is 0. The zero-order valence-corrected chi connectivity index (χ0v) is 29.5. The second kappa shape index (κ2) is 13.8. The Morgan fingerprint density at radius 1 is 0.837 bits per heavy atom. The van der Waals surface area contributed by atoms with Crippen LogP contribution in [0.3, 0.4) is 0 Å². The summed E-state index contributed by atoms with van der Waals surface area (Å²) in [4.78, 5) is 31.2. The summed E-state index contributed by atoms with van der Waals surface area (Å²) >= 11 is 0. The fourth-order valence-corrected chi connectivity index (χ4v) is 7.89. The molecule has 3 aromatic rings. The van der Waals surface area contributed by atoms with Crippen molar-refractivity contribution in [2.45, 2.75) is 85.7 Å². The summed E-state index contributed by atoms with van der Waals surface area (Å²) in [5, 5.41) is 0. The monoisotopic (exact) mass is 661 g/mol. The quantitative estimate of drug-likeness (QED) is 0.192. The number of benzene rings is 3. The predicted octanol–water partition coefficient (Wildman–Crippen LogP) is 9.46. The van der Waals surface area contributed by atoms with Crippen LogP contribution in [0.15, 0.2) is 102 Å². The van der Waals surface area contributed by atoms with E-state index in [1.807, 2.05) is 25.1 Å². The lowest BCUT2D eigenvalue weighted by Crippen LogP contribution is -2.45. The maximum Gasteiger partial charge on any atom is 0.165 e. The van der Waals surface area contributed by atoms with Crippen molar-refractivity contribution in [3.05, 3.63) is 130 Å². The number of rotatable bonds is 11. The average Bonchev–Trinajstić information content (AvgIpc) is 3.03. The molecule has 6 rings (SSSR count). The van der Waals surface area contributed by atoms with Gasteiger partial charge in [0.15, 0.2) is 23.1 Å². The number of carbonyl (C=O) groups excluding carboxylic acids is 2. The molecule has 256 valence electrons. The average molecular weight is 662 g/mol. The lowest BCUT2D eigenvalue weighted by Gasteiger charge is -2.49. The third-order valence-corrected chi connectivity index (χ3v) is 9.97. The molecule has 0 unspecified atom stereocenters. The van der Waals surface area contributed by atoms with Crippen molar-refractivity contribution in [1.29, 1.82) is 0 Å². The van der Waals surface area contributed by atoms with Gasteiger partial charge in [-0.2, -0.15) is 0 Å². The Hall–Kier alpha value is -4.45. The van der Waals surface area contributed by atoms with E-state index < -0.39 is 5.92 Å². The molecular weight excluding hydrogens is 613 g/mol. The van der Waals surface area contributed by atoms with Crippen LogP contribution in [-0.2, 0) is 29.0 Å². The van der Waals surface area contributed by atoms with Gasteiger partial charge in [-0.25, -0.2) is 4.39 Å². The van der Waals surface area contributed by atoms with Crippen molar-refractivity contribution < 1.29 is 23.5 Å². The van der Waals surface area contributed by atoms with E-state index in [9.17, 15) is 14.0 Å². The van der Waals surface area contributed by atoms with Crippen LogP contribution in [0.1, 0.15) is 88.5 Å². The summed E-state index contributed by atoms with van der Waals surface area (Å²) < 4.78 is 27.1. The number of Topliss-reactive ketones (excluding diaryl/α,β-unsaturated/α-hetero) is 2. The van der Waals surface area contributed by atoms with Gasteiger partial charge in [-0.05, 0) is 66.7 Å². The Morgan fingerprint density at radius 3 is 2.04 bits per heavy atom. The van der Waals surface area contributed by atoms with Crippen LogP contribution in [-0.4, -0.2) is 29.6 Å². The van der Waals surface area contributed by atoms with Gasteiger partial charge in [0, 0.05) is 59.0 Å². The second-order valence-electron chi connectivity index (χ2n) is 15.2. The van der Waals surface area contributed by atoms with Gasteiger partial charge in [-0.3, -0.25) is 9.59 Å². The zero-order chi connectivity index (χ0) is 34.9. The van der Waals surface area contributed by atoms with Crippen LogP contribution >= 0.6 is 0 Å². The van der Waals surface area contributed by atoms with E-state index in [0.29, 0.717) is 49.5 Å². The predicted molar refractivity (Wildman–Crippen MR) is 192 cm³/mol. The first kappa shape index (κ1) is 34.4. The molecule has 2 aliphatic carbocycles. The molecule has 0 radical (unpaired) electrons. The molecule has 0 saturated heterocycles. The third kappa shape index (κ3) is 7.15. The first-order chi connectivity index (χ1) is 23.4. The van der Waals surface area contributed by atoms with Crippen molar-refractivity contribution in [2.24, 2.45) is 10.8 Å². The first-order valence-electron chi connectivity index (χ1n) is 17.5. The topological polar surface area (TPSA) is 55.8 Å². The molecule has 0 spiro atoms. The van der Waals surface area contributed by atoms with Crippen LogP contribution < -0.4 is 9.47 Å². The fraction of sp³-hybridized carbons (Fsp3) is 0.395. The largest absolute Gasteiger partial charge is 0.490 e. The molecule has 0 N–H and O–H groups in total. The van der Waals surface area contributed by atoms with E-state index in [4.69, 9.17) is 9.47 Å². The summed E-state index contributed by atoms with van der Waals surface area (Å²) in [6.45, 7) is 15.7. The molecule has 0 fully saturated rings. The maximum absolute atomic E-state index is 14.6. The van der Waals surface area contributed by atoms with E-state index in [2.05, 4.69) is 63.4 Å². The fourth-order valence-electron chi connectivity index (χ4n) is 7.89. The highest BCUT2D eigenvalue weighted by Crippen LogP contribution is 2.55. The van der Waals surface area contributed by atoms with Crippen molar-refractivity contribution in [1.82, 2.24) is 4.90 Å². The summed E-state index contributed by atoms with van der Waals surface area (Å²) in [5.41, 5.74) is 6.41. The number of allylic oxidation sites excluding steroid dienone is 5. The van der Waals surface area contributed by atoms with Crippen LogP contribution in [0.5, 0.6) is 11.5 Å². The Morgan fingerprint density at radius 2 is 1.45 bits per heavy atom. The van der Waals surface area contributed by atoms with Crippen LogP contribution in [0, 0.1) is 16.6 Å². The van der Waals surface area contributed by atoms with Crippen molar-refractivity contribution in [2.75, 3.05) is 13.2 Å². The normalized spacial score (nSPS) is 18.7. The van der Waals surface area contributed by atoms with Gasteiger partial charge < -0.3 is 14.4 Å². The number of ether oxygens (including phenoxy) is 2. The number of nitrogens with zero attached hydrogens (tertiary/aromatic N) is 1. The lowest BCUT2D eigenvalue weighted by molar-refractivity contribution is -0.119. The number of carbonyl (C=O) groups is 2. The smallest absolute Gasteiger partial charge is 0.165 e. The highest BCUT2D eigenvalue weighted by molar-refractivity contribution is 6.07. The second-order valence-corrected chi connectivity index (χ2v) is 15.2. The van der Waals surface area contributed by atoms with E-state index in [1.165, 1.54) is 11.6 Å². The van der Waals surface area contributed by atoms with Gasteiger partial charge in [-0.15, -0.1) is 6.58 Å². The molecule has 0 aromatic heterocycles. The molecule has 0 saturated carbocycles. The summed E-state index contributed by atoms with van der Waals surface area (Å²) in [6, 6.07) is 20.9. The van der Waals surface area contributed by atoms with Gasteiger partial charge in [0.05, 0.1) is 6.61 Å². The van der Waals surface area contributed by atoms with E-state index in [0.717, 1.165) is 52.9 Å². The van der Waals surface area contributed by atoms with E-state index in [1.54, 1.807) is 24.3 Å². The zero-order valence-electron chi connectivity index (χ0n) is 29.5. The molecule has 6 heteroatoms. The standard InChI is InChI=1S/C43H48FNO4/c1-7-14-29-21-31(22-37(48-8-2)41(29)49-27-30-17-12-13-18-32(30)44)38-39-33(23-42(3,4)25-35(39)46)45(20-19-28-15-10-9-11-16-28)34-24-43(5,6)26-36(47)40(34)38/h7,9-13,15-18,21-22,38H,1,8,14,19-20,23-27H2,2-6H3. The SMILES string of the molecule is C=CCc1cc(C2C3=C(CC(C)(C)CC3=O)N(CCc3ccccc3)C3=C2C(=O)CC(C)(C)C3)cc(OCC)c1OCc1ccccc1F. The van der Waals surface area contributed by atoms with E-state index in [-0.39, 0.29) is 34.8 Å². The maximum atomic E-state index is 14.6. The highest BCUT2D eigenvalue weighted by atomic mass is 19.1. The Labute approximate surface area is 290 Å². The Kier molecular flexibility index (Phi) is 9.70. The molecule has 3 aromatic carbocycles. The van der Waals surface area contributed by atoms with E-state index >= 15 is 0 Å². The molecule has 0 amide bonds. The minimum absolute atomic E-state index is 0.0295. The molecular formula is C43H48FNO4. The summed E-state index contributed by atoms with van der Waals surface area (Å²) in [5.74, 6) is 0.355. The number of hydrogen-bond acceptors (Lipinski definition) is 5. The minimum Gasteiger partial charge on any atom is -0.490 e. The molecule has 3 aliphatic rings. The van der Waals surface area contributed by atoms with Crippen LogP contribution in [0.25, 0.3) is 0 Å². The van der Waals surface area contributed by atoms with Gasteiger partial charge in [0.25, 0.3) is 0 Å².